The van der Waals surface area contributed by atoms with E-state index in [1.54, 1.807) is 17.9 Å². The van der Waals surface area contributed by atoms with Crippen LogP contribution in [0, 0.1) is 6.92 Å². The molecule has 23 heavy (non-hydrogen) atoms. The summed E-state index contributed by atoms with van der Waals surface area (Å²) in [4.78, 5) is 17.6. The third-order valence-corrected chi connectivity index (χ3v) is 4.83. The number of benzene rings is 1. The zero-order valence-electron chi connectivity index (χ0n) is 12.7. The van der Waals surface area contributed by atoms with Crippen LogP contribution in [0.15, 0.2) is 36.7 Å². The van der Waals surface area contributed by atoms with Gasteiger partial charge < -0.3 is 0 Å². The predicted octanol–water partition coefficient (Wildman–Crippen LogP) is 3.68. The molecule has 0 radical (unpaired) electrons. The van der Waals surface area contributed by atoms with Gasteiger partial charge in [0.2, 0.25) is 0 Å². The minimum Gasteiger partial charge on any atom is -0.298 e. The fraction of sp³-hybridized carbons (Fsp3) is 0.188. The van der Waals surface area contributed by atoms with E-state index in [-0.39, 0.29) is 5.91 Å². The Morgan fingerprint density at radius 2 is 2.17 bits per heavy atom. The number of rotatable bonds is 4. The second-order valence-electron chi connectivity index (χ2n) is 5.15. The van der Waals surface area contributed by atoms with Gasteiger partial charge in [-0.2, -0.15) is 5.10 Å². The predicted molar refractivity (Wildman–Crippen MR) is 92.3 cm³/mol. The molecule has 7 heteroatoms. The Morgan fingerprint density at radius 3 is 2.87 bits per heavy atom. The lowest BCUT2D eigenvalue weighted by Gasteiger charge is -2.02. The SMILES string of the molecule is Cc1nc(NC(=O)c2cnn(C)c2)sc1Cc1ccccc1Cl. The summed E-state index contributed by atoms with van der Waals surface area (Å²) in [5, 5.41) is 8.13. The van der Waals surface area contributed by atoms with Gasteiger partial charge in [0.1, 0.15) is 0 Å². The number of halogens is 1. The van der Waals surface area contributed by atoms with E-state index in [1.165, 1.54) is 17.5 Å². The van der Waals surface area contributed by atoms with Crippen LogP contribution in [0.4, 0.5) is 5.13 Å². The first-order chi connectivity index (χ1) is 11.0. The normalized spacial score (nSPS) is 10.7. The van der Waals surface area contributed by atoms with Crippen LogP contribution < -0.4 is 5.32 Å². The molecular formula is C16H15ClN4OS. The van der Waals surface area contributed by atoms with E-state index in [2.05, 4.69) is 15.4 Å². The molecule has 0 saturated heterocycles. The van der Waals surface area contributed by atoms with Gasteiger partial charge in [0, 0.05) is 29.6 Å². The van der Waals surface area contributed by atoms with Gasteiger partial charge in [-0.05, 0) is 18.6 Å². The van der Waals surface area contributed by atoms with Crippen molar-refractivity contribution in [1.82, 2.24) is 14.8 Å². The van der Waals surface area contributed by atoms with Crippen LogP contribution in [0.5, 0.6) is 0 Å². The van der Waals surface area contributed by atoms with E-state index < -0.39 is 0 Å². The largest absolute Gasteiger partial charge is 0.298 e. The molecule has 0 aliphatic carbocycles. The molecular weight excluding hydrogens is 332 g/mol. The Kier molecular flexibility index (Phi) is 4.45. The number of carbonyl (C=O) groups excluding carboxylic acids is 1. The zero-order chi connectivity index (χ0) is 16.4. The number of nitrogens with zero attached hydrogens (tertiary/aromatic N) is 3. The Labute approximate surface area is 142 Å². The standard InChI is InChI=1S/C16H15ClN4OS/c1-10-14(7-11-5-3-4-6-13(11)17)23-16(19-10)20-15(22)12-8-18-21(2)9-12/h3-6,8-9H,7H2,1-2H3,(H,19,20,22). The first-order valence-corrected chi connectivity index (χ1v) is 8.22. The Balaban J connectivity index is 1.76. The maximum Gasteiger partial charge on any atom is 0.260 e. The number of hydrogen-bond donors (Lipinski definition) is 1. The highest BCUT2D eigenvalue weighted by Crippen LogP contribution is 2.27. The van der Waals surface area contributed by atoms with Crippen molar-refractivity contribution < 1.29 is 4.79 Å². The smallest absolute Gasteiger partial charge is 0.260 e. The van der Waals surface area contributed by atoms with Crippen LogP contribution in [-0.4, -0.2) is 20.7 Å². The summed E-state index contributed by atoms with van der Waals surface area (Å²) in [6.07, 6.45) is 3.90. The third-order valence-electron chi connectivity index (χ3n) is 3.39. The van der Waals surface area contributed by atoms with Crippen molar-refractivity contribution >= 4 is 34.0 Å². The van der Waals surface area contributed by atoms with E-state index in [4.69, 9.17) is 11.6 Å². The lowest BCUT2D eigenvalue weighted by Crippen LogP contribution is -2.10. The summed E-state index contributed by atoms with van der Waals surface area (Å²) in [6.45, 7) is 1.93. The van der Waals surface area contributed by atoms with Gasteiger partial charge in [0.05, 0.1) is 17.5 Å². The zero-order valence-corrected chi connectivity index (χ0v) is 14.3. The molecule has 0 spiro atoms. The molecule has 0 aliphatic heterocycles. The number of carbonyl (C=O) groups is 1. The van der Waals surface area contributed by atoms with E-state index in [9.17, 15) is 4.79 Å². The minimum atomic E-state index is -0.212. The number of aromatic nitrogens is 3. The maximum atomic E-state index is 12.1. The summed E-state index contributed by atoms with van der Waals surface area (Å²) < 4.78 is 1.59. The molecule has 0 bridgehead atoms. The quantitative estimate of drug-likeness (QED) is 0.783. The average molecular weight is 347 g/mol. The average Bonchev–Trinajstić information content (AvgIpc) is 3.08. The molecule has 0 unspecified atom stereocenters. The lowest BCUT2D eigenvalue weighted by molar-refractivity contribution is 0.102. The number of nitrogens with one attached hydrogen (secondary N) is 1. The summed E-state index contributed by atoms with van der Waals surface area (Å²) in [5.41, 5.74) is 2.45. The summed E-state index contributed by atoms with van der Waals surface area (Å²) in [6, 6.07) is 7.74. The van der Waals surface area contributed by atoms with Gasteiger partial charge in [0.25, 0.3) is 5.91 Å². The van der Waals surface area contributed by atoms with E-state index in [0.29, 0.717) is 17.1 Å². The lowest BCUT2D eigenvalue weighted by atomic mass is 10.1. The van der Waals surface area contributed by atoms with E-state index in [0.717, 1.165) is 21.2 Å². The Morgan fingerprint density at radius 1 is 1.39 bits per heavy atom. The number of hydrogen-bond acceptors (Lipinski definition) is 4. The van der Waals surface area contributed by atoms with Crippen molar-refractivity contribution in [3.63, 3.8) is 0 Å². The molecule has 5 nitrogen and oxygen atoms in total. The molecule has 2 aromatic heterocycles. The highest BCUT2D eigenvalue weighted by molar-refractivity contribution is 7.15. The van der Waals surface area contributed by atoms with Crippen molar-refractivity contribution in [1.29, 1.82) is 0 Å². The molecule has 3 rings (SSSR count). The highest BCUT2D eigenvalue weighted by Gasteiger charge is 2.14. The summed E-state index contributed by atoms with van der Waals surface area (Å²) >= 11 is 7.67. The summed E-state index contributed by atoms with van der Waals surface area (Å²) in [7, 11) is 1.77. The van der Waals surface area contributed by atoms with Crippen LogP contribution in [0.1, 0.15) is 26.5 Å². The molecule has 1 aromatic carbocycles. The third kappa shape index (κ3) is 3.60. The van der Waals surface area contributed by atoms with Crippen molar-refractivity contribution in [3.8, 4) is 0 Å². The summed E-state index contributed by atoms with van der Waals surface area (Å²) in [5.74, 6) is -0.212. The second-order valence-corrected chi connectivity index (χ2v) is 6.64. The topological polar surface area (TPSA) is 59.8 Å². The molecule has 3 aromatic rings. The number of anilines is 1. The molecule has 0 atom stereocenters. The van der Waals surface area contributed by atoms with Crippen LogP contribution in [0.3, 0.4) is 0 Å². The van der Waals surface area contributed by atoms with Gasteiger partial charge in [-0.15, -0.1) is 11.3 Å². The molecule has 2 heterocycles. The van der Waals surface area contributed by atoms with E-state index in [1.807, 2.05) is 31.2 Å². The fourth-order valence-electron chi connectivity index (χ4n) is 2.17. The van der Waals surface area contributed by atoms with Crippen LogP contribution >= 0.6 is 22.9 Å². The molecule has 0 aliphatic rings. The van der Waals surface area contributed by atoms with Crippen LogP contribution in [0.2, 0.25) is 5.02 Å². The minimum absolute atomic E-state index is 0.212. The highest BCUT2D eigenvalue weighted by atomic mass is 35.5. The van der Waals surface area contributed by atoms with Crippen LogP contribution in [0.25, 0.3) is 0 Å². The van der Waals surface area contributed by atoms with Gasteiger partial charge in [-0.1, -0.05) is 29.8 Å². The monoisotopic (exact) mass is 346 g/mol. The molecule has 118 valence electrons. The number of aryl methyl sites for hydroxylation is 2. The Bertz CT molecular complexity index is 855. The van der Waals surface area contributed by atoms with Crippen molar-refractivity contribution in [2.24, 2.45) is 7.05 Å². The van der Waals surface area contributed by atoms with Crippen molar-refractivity contribution in [2.45, 2.75) is 13.3 Å². The number of thiazole rings is 1. The second kappa shape index (κ2) is 6.52. The van der Waals surface area contributed by atoms with Gasteiger partial charge in [-0.25, -0.2) is 4.98 Å². The maximum absolute atomic E-state index is 12.1. The first kappa shape index (κ1) is 15.7. The molecule has 0 saturated carbocycles. The van der Waals surface area contributed by atoms with Crippen molar-refractivity contribution in [3.05, 3.63) is 63.4 Å². The Hall–Kier alpha value is -2.18. The van der Waals surface area contributed by atoms with Gasteiger partial charge in [-0.3, -0.25) is 14.8 Å². The molecule has 0 fully saturated rings. The van der Waals surface area contributed by atoms with Crippen molar-refractivity contribution in [2.75, 3.05) is 5.32 Å². The van der Waals surface area contributed by atoms with Gasteiger partial charge in [0.15, 0.2) is 5.13 Å². The fourth-order valence-corrected chi connectivity index (χ4v) is 3.35. The van der Waals surface area contributed by atoms with Gasteiger partial charge >= 0.3 is 0 Å². The molecule has 1 amide bonds. The molecule has 1 N–H and O–H groups in total. The van der Waals surface area contributed by atoms with E-state index >= 15 is 0 Å². The number of amides is 1. The first-order valence-electron chi connectivity index (χ1n) is 7.02. The van der Waals surface area contributed by atoms with Crippen LogP contribution in [-0.2, 0) is 13.5 Å².